The van der Waals surface area contributed by atoms with Crippen LogP contribution in [0.25, 0.3) is 0 Å². The maximum absolute atomic E-state index is 12.2. The zero-order chi connectivity index (χ0) is 20.7. The van der Waals surface area contributed by atoms with Crippen molar-refractivity contribution in [1.29, 1.82) is 0 Å². The van der Waals surface area contributed by atoms with Crippen molar-refractivity contribution in [3.8, 4) is 5.75 Å². The van der Waals surface area contributed by atoms with E-state index in [0.29, 0.717) is 18.7 Å². The van der Waals surface area contributed by atoms with E-state index in [2.05, 4.69) is 9.62 Å². The van der Waals surface area contributed by atoms with Gasteiger partial charge in [-0.05, 0) is 43.3 Å². The molecule has 2 aromatic carbocycles. The molecule has 1 aliphatic rings. The van der Waals surface area contributed by atoms with Crippen molar-refractivity contribution >= 4 is 15.9 Å². The fraction of sp³-hybridized carbons (Fsp3) is 0.381. The lowest BCUT2D eigenvalue weighted by Gasteiger charge is -2.32. The molecule has 1 heterocycles. The van der Waals surface area contributed by atoms with Gasteiger partial charge >= 0.3 is 0 Å². The number of piperazine rings is 1. The van der Waals surface area contributed by atoms with Gasteiger partial charge < -0.3 is 14.5 Å². The third-order valence-electron chi connectivity index (χ3n) is 4.90. The predicted molar refractivity (Wildman–Crippen MR) is 111 cm³/mol. The smallest absolute Gasteiger partial charge is 0.260 e. The normalized spacial score (nSPS) is 15.3. The molecule has 1 N–H and O–H groups in total. The first-order chi connectivity index (χ1) is 13.9. The van der Waals surface area contributed by atoms with Crippen LogP contribution in [-0.4, -0.2) is 70.5 Å². The molecule has 2 aromatic rings. The summed E-state index contributed by atoms with van der Waals surface area (Å²) in [7, 11) is -1.44. The molecule has 0 atom stereocenters. The maximum atomic E-state index is 12.2. The number of rotatable bonds is 8. The van der Waals surface area contributed by atoms with Gasteiger partial charge in [0.25, 0.3) is 5.91 Å². The van der Waals surface area contributed by atoms with E-state index in [1.807, 2.05) is 24.1 Å². The molecule has 1 saturated heterocycles. The number of benzene rings is 2. The van der Waals surface area contributed by atoms with Crippen LogP contribution < -0.4 is 9.46 Å². The second-order valence-corrected chi connectivity index (χ2v) is 8.84. The van der Waals surface area contributed by atoms with Crippen molar-refractivity contribution in [3.05, 3.63) is 60.2 Å². The van der Waals surface area contributed by atoms with E-state index >= 15 is 0 Å². The van der Waals surface area contributed by atoms with Crippen LogP contribution in [0, 0.1) is 0 Å². The van der Waals surface area contributed by atoms with E-state index in [-0.39, 0.29) is 17.4 Å². The van der Waals surface area contributed by atoms with E-state index in [1.54, 1.807) is 42.5 Å². The fourth-order valence-corrected chi connectivity index (χ4v) is 4.11. The SMILES string of the molecule is CN1CCN(C(=O)COc2ccc(CCNS(=O)(=O)c3ccccc3)cc2)CC1. The number of nitrogens with one attached hydrogen (secondary N) is 1. The second kappa shape index (κ2) is 9.87. The Bertz CT molecular complexity index is 893. The molecular formula is C21H27N3O4S. The first kappa shape index (κ1) is 21.3. The summed E-state index contributed by atoms with van der Waals surface area (Å²) >= 11 is 0. The van der Waals surface area contributed by atoms with Gasteiger partial charge in [-0.1, -0.05) is 30.3 Å². The Hall–Kier alpha value is -2.42. The average Bonchev–Trinajstić information content (AvgIpc) is 2.74. The number of hydrogen-bond acceptors (Lipinski definition) is 5. The highest BCUT2D eigenvalue weighted by Crippen LogP contribution is 2.13. The molecule has 0 spiro atoms. The molecule has 156 valence electrons. The van der Waals surface area contributed by atoms with Crippen LogP contribution >= 0.6 is 0 Å². The number of amides is 1. The molecule has 0 aromatic heterocycles. The minimum atomic E-state index is -3.49. The van der Waals surface area contributed by atoms with Crippen LogP contribution in [0.1, 0.15) is 5.56 Å². The number of likely N-dealkylation sites (N-methyl/N-ethyl adjacent to an activating group) is 1. The molecule has 3 rings (SSSR count). The van der Waals surface area contributed by atoms with Crippen LogP contribution in [0.3, 0.4) is 0 Å². The van der Waals surface area contributed by atoms with Crippen molar-refractivity contribution in [2.45, 2.75) is 11.3 Å². The van der Waals surface area contributed by atoms with Crippen molar-refractivity contribution < 1.29 is 17.9 Å². The first-order valence-corrected chi connectivity index (χ1v) is 11.2. The summed E-state index contributed by atoms with van der Waals surface area (Å²) in [6, 6.07) is 15.7. The highest BCUT2D eigenvalue weighted by molar-refractivity contribution is 7.89. The average molecular weight is 418 g/mol. The summed E-state index contributed by atoms with van der Waals surface area (Å²) in [6.45, 7) is 3.56. The third-order valence-corrected chi connectivity index (χ3v) is 6.38. The molecule has 8 heteroatoms. The zero-order valence-electron chi connectivity index (χ0n) is 16.6. The standard InChI is InChI=1S/C21H27N3O4S/c1-23-13-15-24(16-14-23)21(25)17-28-19-9-7-18(8-10-19)11-12-22-29(26,27)20-5-3-2-4-6-20/h2-10,22H,11-17H2,1H3. The van der Waals surface area contributed by atoms with Crippen LogP contribution in [-0.2, 0) is 21.2 Å². The van der Waals surface area contributed by atoms with Gasteiger partial charge in [-0.2, -0.15) is 0 Å². The van der Waals surface area contributed by atoms with E-state index in [1.165, 1.54) is 0 Å². The van der Waals surface area contributed by atoms with Crippen molar-refractivity contribution in [2.75, 3.05) is 46.4 Å². The number of nitrogens with zero attached hydrogens (tertiary/aromatic N) is 2. The summed E-state index contributed by atoms with van der Waals surface area (Å²) in [5.74, 6) is 0.624. The van der Waals surface area contributed by atoms with Gasteiger partial charge in [0, 0.05) is 32.7 Å². The van der Waals surface area contributed by atoms with Crippen molar-refractivity contribution in [3.63, 3.8) is 0 Å². The fourth-order valence-electron chi connectivity index (χ4n) is 3.06. The largest absolute Gasteiger partial charge is 0.484 e. The molecule has 29 heavy (non-hydrogen) atoms. The summed E-state index contributed by atoms with van der Waals surface area (Å²) in [6.07, 6.45) is 0.562. The summed E-state index contributed by atoms with van der Waals surface area (Å²) < 4.78 is 32.6. The topological polar surface area (TPSA) is 79.0 Å². The Morgan fingerprint density at radius 3 is 2.31 bits per heavy atom. The highest BCUT2D eigenvalue weighted by Gasteiger charge is 2.19. The molecule has 1 aliphatic heterocycles. The zero-order valence-corrected chi connectivity index (χ0v) is 17.4. The Morgan fingerprint density at radius 1 is 1.00 bits per heavy atom. The molecule has 1 amide bonds. The third kappa shape index (κ3) is 6.28. The molecule has 0 unspecified atom stereocenters. The second-order valence-electron chi connectivity index (χ2n) is 7.08. The molecule has 0 bridgehead atoms. The Balaban J connectivity index is 1.42. The summed E-state index contributed by atoms with van der Waals surface area (Å²) in [5.41, 5.74) is 0.985. The predicted octanol–water partition coefficient (Wildman–Crippen LogP) is 1.36. The highest BCUT2D eigenvalue weighted by atomic mass is 32.2. The monoisotopic (exact) mass is 417 g/mol. The Labute approximate surface area is 172 Å². The number of ether oxygens (including phenoxy) is 1. The van der Waals surface area contributed by atoms with E-state index in [4.69, 9.17) is 4.74 Å². The van der Waals surface area contributed by atoms with Gasteiger partial charge in [-0.25, -0.2) is 13.1 Å². The maximum Gasteiger partial charge on any atom is 0.260 e. The van der Waals surface area contributed by atoms with Gasteiger partial charge in [0.2, 0.25) is 10.0 Å². The van der Waals surface area contributed by atoms with E-state index in [9.17, 15) is 13.2 Å². The quantitative estimate of drug-likeness (QED) is 0.702. The van der Waals surface area contributed by atoms with E-state index < -0.39 is 10.0 Å². The van der Waals surface area contributed by atoms with Gasteiger partial charge in [-0.15, -0.1) is 0 Å². The Morgan fingerprint density at radius 2 is 1.66 bits per heavy atom. The van der Waals surface area contributed by atoms with Crippen LogP contribution in [0.5, 0.6) is 5.75 Å². The molecular weight excluding hydrogens is 390 g/mol. The van der Waals surface area contributed by atoms with Gasteiger partial charge in [0.1, 0.15) is 5.75 Å². The van der Waals surface area contributed by atoms with E-state index in [0.717, 1.165) is 31.7 Å². The first-order valence-electron chi connectivity index (χ1n) is 9.67. The molecule has 0 saturated carbocycles. The summed E-state index contributed by atoms with van der Waals surface area (Å²) in [5, 5.41) is 0. The molecule has 0 aliphatic carbocycles. The van der Waals surface area contributed by atoms with Crippen LogP contribution in [0.2, 0.25) is 0 Å². The van der Waals surface area contributed by atoms with Gasteiger partial charge in [-0.3, -0.25) is 4.79 Å². The lowest BCUT2D eigenvalue weighted by Crippen LogP contribution is -2.48. The molecule has 7 nitrogen and oxygen atoms in total. The number of hydrogen-bond donors (Lipinski definition) is 1. The van der Waals surface area contributed by atoms with Gasteiger partial charge in [0.05, 0.1) is 4.90 Å². The van der Waals surface area contributed by atoms with Crippen LogP contribution in [0.4, 0.5) is 0 Å². The van der Waals surface area contributed by atoms with Crippen LogP contribution in [0.15, 0.2) is 59.5 Å². The Kier molecular flexibility index (Phi) is 7.24. The number of carbonyl (C=O) groups excluding carboxylic acids is 1. The molecule has 0 radical (unpaired) electrons. The number of sulfonamides is 1. The minimum Gasteiger partial charge on any atom is -0.484 e. The number of carbonyl (C=O) groups is 1. The summed E-state index contributed by atoms with van der Waals surface area (Å²) in [4.78, 5) is 16.5. The minimum absolute atomic E-state index is 0.00232. The lowest BCUT2D eigenvalue weighted by atomic mass is 10.1. The van der Waals surface area contributed by atoms with Crippen molar-refractivity contribution in [1.82, 2.24) is 14.5 Å². The van der Waals surface area contributed by atoms with Crippen molar-refractivity contribution in [2.24, 2.45) is 0 Å². The molecule has 1 fully saturated rings. The lowest BCUT2D eigenvalue weighted by molar-refractivity contribution is -0.134. The van der Waals surface area contributed by atoms with Gasteiger partial charge in [0.15, 0.2) is 6.61 Å².